The van der Waals surface area contributed by atoms with Crippen molar-refractivity contribution in [3.05, 3.63) is 41.6 Å². The fourth-order valence-corrected chi connectivity index (χ4v) is 1.36. The molecule has 0 spiro atoms. The molecular weight excluding hydrogens is 186 g/mol. The van der Waals surface area contributed by atoms with Crippen LogP contribution >= 0.6 is 0 Å². The average molecular weight is 199 g/mol. The third kappa shape index (κ3) is 2.31. The zero-order valence-corrected chi connectivity index (χ0v) is 8.64. The van der Waals surface area contributed by atoms with Gasteiger partial charge in [-0.25, -0.2) is 4.99 Å². The Balaban J connectivity index is 2.35. The van der Waals surface area contributed by atoms with E-state index in [-0.39, 0.29) is 0 Å². The second-order valence-corrected chi connectivity index (χ2v) is 3.54. The third-order valence-corrected chi connectivity index (χ3v) is 2.24. The van der Waals surface area contributed by atoms with Crippen LogP contribution in [0.5, 0.6) is 0 Å². The van der Waals surface area contributed by atoms with E-state index in [1.165, 1.54) is 5.56 Å². The van der Waals surface area contributed by atoms with Crippen LogP contribution in [-0.4, -0.2) is 18.6 Å². The van der Waals surface area contributed by atoms with Gasteiger partial charge in [-0.3, -0.25) is 4.99 Å². The molecule has 2 rings (SSSR count). The van der Waals surface area contributed by atoms with Crippen molar-refractivity contribution in [2.45, 2.75) is 6.92 Å². The molecule has 0 unspecified atom stereocenters. The van der Waals surface area contributed by atoms with Gasteiger partial charge in [-0.05, 0) is 12.5 Å². The number of benzene rings is 1. The molecule has 0 radical (unpaired) electrons. The van der Waals surface area contributed by atoms with Gasteiger partial charge < -0.3 is 5.73 Å². The smallest absolute Gasteiger partial charge is 0.121 e. The normalized spacial score (nSPS) is 15.5. The van der Waals surface area contributed by atoms with Crippen molar-refractivity contribution < 1.29 is 0 Å². The molecule has 15 heavy (non-hydrogen) atoms. The van der Waals surface area contributed by atoms with Crippen molar-refractivity contribution in [2.75, 3.05) is 6.54 Å². The monoisotopic (exact) mass is 199 g/mol. The predicted octanol–water partition coefficient (Wildman–Crippen LogP) is 1.78. The summed E-state index contributed by atoms with van der Waals surface area (Å²) in [7, 11) is 0. The summed E-state index contributed by atoms with van der Waals surface area (Å²) in [5.41, 5.74) is 8.94. The lowest BCUT2D eigenvalue weighted by atomic mass is 10.1. The van der Waals surface area contributed by atoms with E-state index >= 15 is 0 Å². The Morgan fingerprint density at radius 2 is 1.93 bits per heavy atom. The summed E-state index contributed by atoms with van der Waals surface area (Å²) < 4.78 is 0. The molecule has 0 amide bonds. The lowest BCUT2D eigenvalue weighted by molar-refractivity contribution is 1.28. The van der Waals surface area contributed by atoms with Gasteiger partial charge in [0, 0.05) is 18.0 Å². The van der Waals surface area contributed by atoms with Gasteiger partial charge >= 0.3 is 0 Å². The van der Waals surface area contributed by atoms with Crippen molar-refractivity contribution in [3.8, 4) is 0 Å². The summed E-state index contributed by atoms with van der Waals surface area (Å²) >= 11 is 0. The second-order valence-electron chi connectivity index (χ2n) is 3.54. The molecule has 0 saturated carbocycles. The van der Waals surface area contributed by atoms with Crippen molar-refractivity contribution in [1.29, 1.82) is 0 Å². The molecule has 0 aromatic heterocycles. The standard InChI is InChI=1S/C12H13N3/c1-9-2-4-10(5-3-9)11-6-14-8-12(13)15-7-11/h2-7H,8H2,1H3,(H2,13,15). The Kier molecular flexibility index (Phi) is 2.63. The van der Waals surface area contributed by atoms with E-state index in [4.69, 9.17) is 5.73 Å². The number of hydrogen-bond acceptors (Lipinski definition) is 3. The van der Waals surface area contributed by atoms with Crippen LogP contribution in [0, 0.1) is 6.92 Å². The number of aryl methyl sites for hydroxylation is 1. The van der Waals surface area contributed by atoms with E-state index in [0.717, 1.165) is 11.1 Å². The van der Waals surface area contributed by atoms with Gasteiger partial charge in [-0.2, -0.15) is 0 Å². The van der Waals surface area contributed by atoms with Crippen LogP contribution in [0.2, 0.25) is 0 Å². The summed E-state index contributed by atoms with van der Waals surface area (Å²) in [5, 5.41) is 0. The summed E-state index contributed by atoms with van der Waals surface area (Å²) in [5.74, 6) is 0.549. The Morgan fingerprint density at radius 1 is 1.20 bits per heavy atom. The predicted molar refractivity (Wildman–Crippen MR) is 64.1 cm³/mol. The Hall–Kier alpha value is -1.90. The topological polar surface area (TPSA) is 50.7 Å². The Morgan fingerprint density at radius 3 is 2.67 bits per heavy atom. The van der Waals surface area contributed by atoms with Crippen molar-refractivity contribution >= 4 is 17.6 Å². The number of aliphatic imine (C=N–C) groups is 2. The summed E-state index contributed by atoms with van der Waals surface area (Å²) in [4.78, 5) is 8.29. The molecule has 76 valence electrons. The highest BCUT2D eigenvalue weighted by atomic mass is 14.9. The molecule has 3 heteroatoms. The largest absolute Gasteiger partial charge is 0.386 e. The first-order valence-corrected chi connectivity index (χ1v) is 4.85. The van der Waals surface area contributed by atoms with E-state index in [2.05, 4.69) is 41.2 Å². The van der Waals surface area contributed by atoms with E-state index in [1.54, 1.807) is 6.20 Å². The minimum absolute atomic E-state index is 0.478. The first-order chi connectivity index (χ1) is 7.25. The highest BCUT2D eigenvalue weighted by Crippen LogP contribution is 2.14. The lowest BCUT2D eigenvalue weighted by Crippen LogP contribution is -2.13. The van der Waals surface area contributed by atoms with E-state index in [1.807, 2.05) is 6.21 Å². The van der Waals surface area contributed by atoms with Crippen LogP contribution in [0.15, 0.2) is 40.5 Å². The zero-order chi connectivity index (χ0) is 10.7. The molecular formula is C12H13N3. The molecule has 0 bridgehead atoms. The van der Waals surface area contributed by atoms with Crippen molar-refractivity contribution in [1.82, 2.24) is 0 Å². The maximum absolute atomic E-state index is 5.59. The number of hydrogen-bond donors (Lipinski definition) is 1. The van der Waals surface area contributed by atoms with E-state index < -0.39 is 0 Å². The highest BCUT2D eigenvalue weighted by Gasteiger charge is 2.01. The van der Waals surface area contributed by atoms with Crippen LogP contribution in [0.4, 0.5) is 0 Å². The molecule has 0 atom stereocenters. The minimum atomic E-state index is 0.478. The Labute approximate surface area is 89.1 Å². The molecule has 1 aromatic carbocycles. The molecule has 1 aromatic rings. The minimum Gasteiger partial charge on any atom is -0.386 e. The molecule has 0 aliphatic carbocycles. The summed E-state index contributed by atoms with van der Waals surface area (Å²) in [6.07, 6.45) is 3.57. The SMILES string of the molecule is Cc1ccc(C2=CN=C(N)CN=C2)cc1. The van der Waals surface area contributed by atoms with Gasteiger partial charge in [0.2, 0.25) is 0 Å². The molecule has 3 nitrogen and oxygen atoms in total. The van der Waals surface area contributed by atoms with Crippen molar-refractivity contribution in [3.63, 3.8) is 0 Å². The molecule has 1 heterocycles. The van der Waals surface area contributed by atoms with Gasteiger partial charge in [0.05, 0.1) is 6.54 Å². The van der Waals surface area contributed by atoms with E-state index in [0.29, 0.717) is 12.4 Å². The first kappa shape index (κ1) is 9.65. The number of amidine groups is 1. The highest BCUT2D eigenvalue weighted by molar-refractivity contribution is 6.11. The average Bonchev–Trinajstić information content (AvgIpc) is 2.44. The summed E-state index contributed by atoms with van der Waals surface area (Å²) in [6, 6.07) is 8.26. The fraction of sp³-hybridized carbons (Fsp3) is 0.167. The maximum Gasteiger partial charge on any atom is 0.121 e. The molecule has 0 fully saturated rings. The van der Waals surface area contributed by atoms with Gasteiger partial charge in [0.15, 0.2) is 0 Å². The molecule has 1 aliphatic rings. The van der Waals surface area contributed by atoms with Gasteiger partial charge in [0.25, 0.3) is 0 Å². The quantitative estimate of drug-likeness (QED) is 0.736. The summed E-state index contributed by atoms with van der Waals surface area (Å²) in [6.45, 7) is 2.54. The van der Waals surface area contributed by atoms with Crippen LogP contribution < -0.4 is 5.73 Å². The fourth-order valence-electron chi connectivity index (χ4n) is 1.36. The van der Waals surface area contributed by atoms with Crippen molar-refractivity contribution in [2.24, 2.45) is 15.7 Å². The number of allylic oxidation sites excluding steroid dienone is 1. The van der Waals surface area contributed by atoms with Crippen LogP contribution in [0.3, 0.4) is 0 Å². The maximum atomic E-state index is 5.59. The Bertz CT molecular complexity index is 438. The van der Waals surface area contributed by atoms with Gasteiger partial charge in [-0.15, -0.1) is 0 Å². The molecule has 0 saturated heterocycles. The zero-order valence-electron chi connectivity index (χ0n) is 8.64. The van der Waals surface area contributed by atoms with Crippen LogP contribution in [0.1, 0.15) is 11.1 Å². The van der Waals surface area contributed by atoms with Crippen LogP contribution in [0.25, 0.3) is 5.57 Å². The van der Waals surface area contributed by atoms with Gasteiger partial charge in [-0.1, -0.05) is 29.8 Å². The lowest BCUT2D eigenvalue weighted by Gasteiger charge is -2.00. The van der Waals surface area contributed by atoms with Gasteiger partial charge in [0.1, 0.15) is 5.84 Å². The number of rotatable bonds is 1. The van der Waals surface area contributed by atoms with Crippen LogP contribution in [-0.2, 0) is 0 Å². The second kappa shape index (κ2) is 4.09. The number of nitrogens with two attached hydrogens (primary N) is 1. The van der Waals surface area contributed by atoms with E-state index in [9.17, 15) is 0 Å². The first-order valence-electron chi connectivity index (χ1n) is 4.85. The number of nitrogens with zero attached hydrogens (tertiary/aromatic N) is 2. The third-order valence-electron chi connectivity index (χ3n) is 2.24. The molecule has 1 aliphatic heterocycles. The molecule has 2 N–H and O–H groups in total.